The number of aryl methyl sites for hydroxylation is 1. The van der Waals surface area contributed by atoms with E-state index in [1.807, 2.05) is 42.2 Å². The van der Waals surface area contributed by atoms with E-state index in [0.29, 0.717) is 29.7 Å². The molecule has 0 spiro atoms. The highest BCUT2D eigenvalue weighted by Crippen LogP contribution is 2.22. The lowest BCUT2D eigenvalue weighted by Crippen LogP contribution is -2.26. The first-order chi connectivity index (χ1) is 10.1. The Labute approximate surface area is 134 Å². The summed E-state index contributed by atoms with van der Waals surface area (Å²) in [7, 11) is 0. The highest BCUT2D eigenvalue weighted by atomic mass is 32.1. The molecule has 108 valence electrons. The van der Waals surface area contributed by atoms with Crippen molar-refractivity contribution < 1.29 is 4.42 Å². The molecular formula is C15H15N3OS2. The SMILES string of the molecule is Cc1nc(-c2ccccc2)oc1CN(CCC#N)C(=S)S. The van der Waals surface area contributed by atoms with Crippen molar-refractivity contribution in [1.82, 2.24) is 9.88 Å². The van der Waals surface area contributed by atoms with Gasteiger partial charge in [-0.15, -0.1) is 12.6 Å². The number of thiocarbonyl (C=S) groups is 1. The second-order valence-electron chi connectivity index (χ2n) is 4.51. The molecule has 1 heterocycles. The van der Waals surface area contributed by atoms with E-state index >= 15 is 0 Å². The molecule has 0 saturated heterocycles. The number of nitrogens with zero attached hydrogens (tertiary/aromatic N) is 3. The summed E-state index contributed by atoms with van der Waals surface area (Å²) in [4.78, 5) is 6.27. The first kappa shape index (κ1) is 15.5. The predicted octanol–water partition coefficient (Wildman–Crippen LogP) is 3.58. The second kappa shape index (κ2) is 7.25. The summed E-state index contributed by atoms with van der Waals surface area (Å²) in [6, 6.07) is 11.8. The first-order valence-corrected chi connectivity index (χ1v) is 7.34. The number of oxazole rings is 1. The molecule has 0 N–H and O–H groups in total. The van der Waals surface area contributed by atoms with Crippen LogP contribution >= 0.6 is 24.8 Å². The molecule has 0 bridgehead atoms. The van der Waals surface area contributed by atoms with Gasteiger partial charge in [0.15, 0.2) is 0 Å². The van der Waals surface area contributed by atoms with Gasteiger partial charge in [0.05, 0.1) is 24.7 Å². The zero-order chi connectivity index (χ0) is 15.2. The normalized spacial score (nSPS) is 10.1. The van der Waals surface area contributed by atoms with Crippen molar-refractivity contribution in [2.24, 2.45) is 0 Å². The highest BCUT2D eigenvalue weighted by molar-refractivity contribution is 8.10. The third kappa shape index (κ3) is 4.06. The third-order valence-corrected chi connectivity index (χ3v) is 3.55. The van der Waals surface area contributed by atoms with E-state index in [-0.39, 0.29) is 0 Å². The highest BCUT2D eigenvalue weighted by Gasteiger charge is 2.15. The minimum Gasteiger partial charge on any atom is -0.439 e. The van der Waals surface area contributed by atoms with Crippen LogP contribution in [-0.2, 0) is 6.54 Å². The van der Waals surface area contributed by atoms with Crippen molar-refractivity contribution in [1.29, 1.82) is 5.26 Å². The summed E-state index contributed by atoms with van der Waals surface area (Å²) in [5.74, 6) is 1.33. The molecule has 0 aliphatic rings. The summed E-state index contributed by atoms with van der Waals surface area (Å²) < 4.78 is 6.28. The van der Waals surface area contributed by atoms with Crippen molar-refractivity contribution in [3.8, 4) is 17.5 Å². The van der Waals surface area contributed by atoms with Crippen molar-refractivity contribution in [3.63, 3.8) is 0 Å². The fraction of sp³-hybridized carbons (Fsp3) is 0.267. The van der Waals surface area contributed by atoms with Gasteiger partial charge in [-0.05, 0) is 19.1 Å². The summed E-state index contributed by atoms with van der Waals surface area (Å²) in [6.07, 6.45) is 0.388. The molecule has 0 aliphatic heterocycles. The number of rotatable bonds is 5. The molecule has 2 aromatic rings. The van der Waals surface area contributed by atoms with Crippen LogP contribution in [0.5, 0.6) is 0 Å². The van der Waals surface area contributed by atoms with Crippen molar-refractivity contribution >= 4 is 29.2 Å². The van der Waals surface area contributed by atoms with E-state index in [1.54, 1.807) is 0 Å². The zero-order valence-corrected chi connectivity index (χ0v) is 13.3. The molecule has 0 fully saturated rings. The lowest BCUT2D eigenvalue weighted by Gasteiger charge is -2.19. The fourth-order valence-corrected chi connectivity index (χ4v) is 2.21. The summed E-state index contributed by atoms with van der Waals surface area (Å²) in [5, 5.41) is 8.69. The first-order valence-electron chi connectivity index (χ1n) is 6.48. The van der Waals surface area contributed by atoms with Crippen LogP contribution in [-0.4, -0.2) is 20.7 Å². The molecule has 0 amide bonds. The van der Waals surface area contributed by atoms with Crippen LogP contribution in [0.2, 0.25) is 0 Å². The van der Waals surface area contributed by atoms with Gasteiger partial charge >= 0.3 is 0 Å². The molecule has 1 aromatic heterocycles. The van der Waals surface area contributed by atoms with Crippen molar-refractivity contribution in [2.45, 2.75) is 19.9 Å². The van der Waals surface area contributed by atoms with Crippen LogP contribution in [0.4, 0.5) is 0 Å². The second-order valence-corrected chi connectivity index (χ2v) is 5.62. The van der Waals surface area contributed by atoms with Gasteiger partial charge in [0.1, 0.15) is 10.1 Å². The topological polar surface area (TPSA) is 53.1 Å². The largest absolute Gasteiger partial charge is 0.439 e. The maximum atomic E-state index is 8.69. The average Bonchev–Trinajstić information content (AvgIpc) is 2.85. The molecule has 0 unspecified atom stereocenters. The molecule has 6 heteroatoms. The van der Waals surface area contributed by atoms with Gasteiger partial charge in [-0.3, -0.25) is 0 Å². The smallest absolute Gasteiger partial charge is 0.226 e. The van der Waals surface area contributed by atoms with Gasteiger partial charge in [-0.25, -0.2) is 4.98 Å². The van der Waals surface area contributed by atoms with Crippen LogP contribution in [0, 0.1) is 18.3 Å². The predicted molar refractivity (Wildman–Crippen MR) is 88.9 cm³/mol. The molecule has 4 nitrogen and oxygen atoms in total. The number of thiol groups is 1. The number of benzene rings is 1. The van der Waals surface area contributed by atoms with E-state index in [4.69, 9.17) is 21.9 Å². The molecule has 21 heavy (non-hydrogen) atoms. The van der Waals surface area contributed by atoms with Crippen LogP contribution in [0.3, 0.4) is 0 Å². The Kier molecular flexibility index (Phi) is 5.37. The monoisotopic (exact) mass is 317 g/mol. The van der Waals surface area contributed by atoms with Crippen LogP contribution < -0.4 is 0 Å². The Morgan fingerprint density at radius 3 is 2.76 bits per heavy atom. The molecule has 0 aliphatic carbocycles. The maximum absolute atomic E-state index is 8.69. The average molecular weight is 317 g/mol. The lowest BCUT2D eigenvalue weighted by atomic mass is 10.2. The Morgan fingerprint density at radius 2 is 2.14 bits per heavy atom. The molecule has 2 rings (SSSR count). The van der Waals surface area contributed by atoms with Gasteiger partial charge in [0.25, 0.3) is 0 Å². The summed E-state index contributed by atoms with van der Waals surface area (Å²) in [6.45, 7) is 2.89. The van der Waals surface area contributed by atoms with Crippen LogP contribution in [0.25, 0.3) is 11.5 Å². The van der Waals surface area contributed by atoms with Gasteiger partial charge in [0, 0.05) is 12.1 Å². The molecule has 0 saturated carbocycles. The number of hydrogen-bond acceptors (Lipinski definition) is 4. The minimum atomic E-state index is 0.388. The minimum absolute atomic E-state index is 0.388. The van der Waals surface area contributed by atoms with Gasteiger partial charge < -0.3 is 9.32 Å². The zero-order valence-electron chi connectivity index (χ0n) is 11.6. The molecule has 0 radical (unpaired) electrons. The number of nitriles is 1. The summed E-state index contributed by atoms with van der Waals surface area (Å²) in [5.41, 5.74) is 1.75. The van der Waals surface area contributed by atoms with Gasteiger partial charge in [-0.2, -0.15) is 5.26 Å². The molecular weight excluding hydrogens is 302 g/mol. The third-order valence-electron chi connectivity index (χ3n) is 3.01. The van der Waals surface area contributed by atoms with Crippen molar-refractivity contribution in [3.05, 3.63) is 41.8 Å². The fourth-order valence-electron chi connectivity index (χ4n) is 1.88. The Hall–Kier alpha value is -1.84. The lowest BCUT2D eigenvalue weighted by molar-refractivity contribution is 0.378. The van der Waals surface area contributed by atoms with Crippen LogP contribution in [0.1, 0.15) is 17.9 Å². The standard InChI is InChI=1S/C15H15N3OS2/c1-11-13(10-18(15(20)21)9-5-8-16)19-14(17-11)12-6-3-2-4-7-12/h2-4,6-7H,5,9-10H2,1H3,(H,20,21). The van der Waals surface area contributed by atoms with Crippen molar-refractivity contribution in [2.75, 3.05) is 6.54 Å². The Bertz CT molecular complexity index is 661. The van der Waals surface area contributed by atoms with E-state index in [9.17, 15) is 0 Å². The van der Waals surface area contributed by atoms with Crippen LogP contribution in [0.15, 0.2) is 34.7 Å². The van der Waals surface area contributed by atoms with E-state index in [2.05, 4.69) is 23.7 Å². The van der Waals surface area contributed by atoms with E-state index in [1.165, 1.54) is 0 Å². The Balaban J connectivity index is 2.19. The van der Waals surface area contributed by atoms with Gasteiger partial charge in [0.2, 0.25) is 5.89 Å². The number of aromatic nitrogens is 1. The summed E-state index contributed by atoms with van der Waals surface area (Å²) >= 11 is 9.28. The molecule has 0 atom stereocenters. The molecule has 1 aromatic carbocycles. The number of hydrogen-bond donors (Lipinski definition) is 1. The maximum Gasteiger partial charge on any atom is 0.226 e. The van der Waals surface area contributed by atoms with E-state index in [0.717, 1.165) is 17.0 Å². The van der Waals surface area contributed by atoms with Gasteiger partial charge in [-0.1, -0.05) is 30.4 Å². The van der Waals surface area contributed by atoms with E-state index < -0.39 is 0 Å². The Morgan fingerprint density at radius 1 is 1.43 bits per heavy atom. The quantitative estimate of drug-likeness (QED) is 0.675.